The van der Waals surface area contributed by atoms with Crippen LogP contribution in [0.2, 0.25) is 0 Å². The van der Waals surface area contributed by atoms with Crippen LogP contribution in [0.25, 0.3) is 0 Å². The van der Waals surface area contributed by atoms with Crippen molar-refractivity contribution in [3.63, 3.8) is 0 Å². The predicted molar refractivity (Wildman–Crippen MR) is 122 cm³/mol. The molecule has 1 fully saturated rings. The topological polar surface area (TPSA) is 65.1 Å². The van der Waals surface area contributed by atoms with E-state index in [2.05, 4.69) is 22.0 Å². The van der Waals surface area contributed by atoms with Crippen LogP contribution >= 0.6 is 0 Å². The lowest BCUT2D eigenvalue weighted by Crippen LogP contribution is -2.46. The van der Waals surface area contributed by atoms with E-state index in [0.717, 1.165) is 44.0 Å². The van der Waals surface area contributed by atoms with Gasteiger partial charge in [0.15, 0.2) is 0 Å². The summed E-state index contributed by atoms with van der Waals surface area (Å²) in [6, 6.07) is 13.4. The van der Waals surface area contributed by atoms with Crippen LogP contribution in [0.1, 0.15) is 33.2 Å². The molecule has 0 bridgehead atoms. The van der Waals surface area contributed by atoms with Gasteiger partial charge in [-0.05, 0) is 42.4 Å². The zero-order valence-corrected chi connectivity index (χ0v) is 18.3. The number of nitrogens with zero attached hydrogens (tertiary/aromatic N) is 3. The fourth-order valence-electron chi connectivity index (χ4n) is 4.27. The second-order valence-electron chi connectivity index (χ2n) is 7.98. The Balaban J connectivity index is 1.43. The molecule has 4 rings (SSSR count). The van der Waals surface area contributed by atoms with Crippen LogP contribution in [-0.4, -0.2) is 74.6 Å². The monoisotopic (exact) mass is 422 g/mol. The van der Waals surface area contributed by atoms with E-state index >= 15 is 0 Å². The summed E-state index contributed by atoms with van der Waals surface area (Å²) >= 11 is 0. The SMILES string of the molecule is CCN1CCN(c2ccc(NC(=O)c3cccc4c3C(=O)N(CCOC)C4)cc2)CC1. The van der Waals surface area contributed by atoms with Crippen molar-refractivity contribution in [2.24, 2.45) is 0 Å². The van der Waals surface area contributed by atoms with E-state index in [1.165, 1.54) is 5.69 Å². The number of fused-ring (bicyclic) bond motifs is 1. The van der Waals surface area contributed by atoms with Gasteiger partial charge in [-0.15, -0.1) is 0 Å². The number of hydrogen-bond acceptors (Lipinski definition) is 5. The molecule has 0 radical (unpaired) electrons. The van der Waals surface area contributed by atoms with Crippen molar-refractivity contribution < 1.29 is 14.3 Å². The van der Waals surface area contributed by atoms with E-state index < -0.39 is 0 Å². The number of amides is 2. The molecule has 7 heteroatoms. The van der Waals surface area contributed by atoms with Crippen LogP contribution in [0, 0.1) is 0 Å². The van der Waals surface area contributed by atoms with Crippen molar-refractivity contribution in [2.45, 2.75) is 13.5 Å². The first-order valence-electron chi connectivity index (χ1n) is 10.9. The molecule has 0 saturated carbocycles. The summed E-state index contributed by atoms with van der Waals surface area (Å²) < 4.78 is 5.09. The van der Waals surface area contributed by atoms with E-state index in [1.807, 2.05) is 36.4 Å². The number of likely N-dealkylation sites (N-methyl/N-ethyl adjacent to an activating group) is 1. The second-order valence-corrected chi connectivity index (χ2v) is 7.98. The van der Waals surface area contributed by atoms with Crippen molar-refractivity contribution in [1.82, 2.24) is 9.80 Å². The summed E-state index contributed by atoms with van der Waals surface area (Å²) in [5.74, 6) is -0.373. The first-order valence-corrected chi connectivity index (χ1v) is 10.9. The van der Waals surface area contributed by atoms with Crippen LogP contribution in [0.4, 0.5) is 11.4 Å². The Labute approximate surface area is 183 Å². The maximum atomic E-state index is 13.0. The normalized spacial score (nSPS) is 16.5. The minimum Gasteiger partial charge on any atom is -0.383 e. The number of carbonyl (C=O) groups excluding carboxylic acids is 2. The summed E-state index contributed by atoms with van der Waals surface area (Å²) in [7, 11) is 1.61. The maximum absolute atomic E-state index is 13.0. The molecule has 0 aliphatic carbocycles. The van der Waals surface area contributed by atoms with E-state index in [1.54, 1.807) is 18.1 Å². The molecule has 2 aliphatic rings. The number of rotatable bonds is 7. The summed E-state index contributed by atoms with van der Waals surface area (Å²) in [4.78, 5) is 32.3. The van der Waals surface area contributed by atoms with Crippen LogP contribution in [0.15, 0.2) is 42.5 Å². The third kappa shape index (κ3) is 4.57. The third-order valence-corrected chi connectivity index (χ3v) is 6.13. The van der Waals surface area contributed by atoms with Crippen LogP contribution in [0.3, 0.4) is 0 Å². The summed E-state index contributed by atoms with van der Waals surface area (Å²) in [5, 5.41) is 2.95. The van der Waals surface area contributed by atoms with E-state index in [4.69, 9.17) is 4.74 Å². The molecule has 164 valence electrons. The Morgan fingerprint density at radius 3 is 2.48 bits per heavy atom. The Morgan fingerprint density at radius 1 is 1.06 bits per heavy atom. The summed E-state index contributed by atoms with van der Waals surface area (Å²) in [6.45, 7) is 8.95. The van der Waals surface area contributed by atoms with Crippen LogP contribution in [-0.2, 0) is 11.3 Å². The standard InChI is InChI=1S/C24H30N4O3/c1-3-26-11-13-27(14-12-26)20-9-7-19(8-10-20)25-23(29)21-6-4-5-18-17-28(15-16-31-2)24(30)22(18)21/h4-10H,3,11-17H2,1-2H3,(H,25,29). The highest BCUT2D eigenvalue weighted by Gasteiger charge is 2.31. The Morgan fingerprint density at radius 2 is 1.81 bits per heavy atom. The number of hydrogen-bond donors (Lipinski definition) is 1. The highest BCUT2D eigenvalue weighted by atomic mass is 16.5. The lowest BCUT2D eigenvalue weighted by atomic mass is 10.0. The number of piperazine rings is 1. The Hall–Kier alpha value is -2.90. The average Bonchev–Trinajstić information content (AvgIpc) is 3.13. The number of ether oxygens (including phenoxy) is 1. The molecule has 0 aromatic heterocycles. The van der Waals surface area contributed by atoms with Gasteiger partial charge in [-0.1, -0.05) is 19.1 Å². The van der Waals surface area contributed by atoms with Gasteiger partial charge < -0.3 is 24.8 Å². The highest BCUT2D eigenvalue weighted by molar-refractivity contribution is 6.13. The number of carbonyl (C=O) groups is 2. The van der Waals surface area contributed by atoms with Gasteiger partial charge in [0.25, 0.3) is 11.8 Å². The zero-order chi connectivity index (χ0) is 21.8. The Kier molecular flexibility index (Phi) is 6.53. The lowest BCUT2D eigenvalue weighted by molar-refractivity contribution is 0.0716. The number of methoxy groups -OCH3 is 1. The van der Waals surface area contributed by atoms with Crippen molar-refractivity contribution >= 4 is 23.2 Å². The molecule has 0 atom stereocenters. The first kappa shape index (κ1) is 21.3. The van der Waals surface area contributed by atoms with Crippen LogP contribution < -0.4 is 10.2 Å². The van der Waals surface area contributed by atoms with E-state index in [0.29, 0.717) is 30.8 Å². The minimum atomic E-state index is -0.261. The molecule has 1 N–H and O–H groups in total. The maximum Gasteiger partial charge on any atom is 0.256 e. The largest absolute Gasteiger partial charge is 0.383 e. The first-order chi connectivity index (χ1) is 15.1. The number of anilines is 2. The van der Waals surface area contributed by atoms with Gasteiger partial charge in [0.1, 0.15) is 0 Å². The molecule has 2 amide bonds. The van der Waals surface area contributed by atoms with Crippen molar-refractivity contribution in [3.05, 3.63) is 59.2 Å². The Bertz CT molecular complexity index is 936. The van der Waals surface area contributed by atoms with Crippen molar-refractivity contribution in [1.29, 1.82) is 0 Å². The number of nitrogens with one attached hydrogen (secondary N) is 1. The summed E-state index contributed by atoms with van der Waals surface area (Å²) in [6.07, 6.45) is 0. The van der Waals surface area contributed by atoms with Gasteiger partial charge in [-0.2, -0.15) is 0 Å². The summed E-state index contributed by atoms with van der Waals surface area (Å²) in [5.41, 5.74) is 3.69. The van der Waals surface area contributed by atoms with Gasteiger partial charge in [0, 0.05) is 57.8 Å². The van der Waals surface area contributed by atoms with Gasteiger partial charge in [0.05, 0.1) is 17.7 Å². The molecule has 2 aliphatic heterocycles. The highest BCUT2D eigenvalue weighted by Crippen LogP contribution is 2.27. The molecular weight excluding hydrogens is 392 g/mol. The molecule has 2 aromatic rings. The third-order valence-electron chi connectivity index (χ3n) is 6.13. The molecule has 0 spiro atoms. The predicted octanol–water partition coefficient (Wildman–Crippen LogP) is 2.68. The quantitative estimate of drug-likeness (QED) is 0.743. The molecule has 0 unspecified atom stereocenters. The smallest absolute Gasteiger partial charge is 0.256 e. The van der Waals surface area contributed by atoms with Gasteiger partial charge in [0.2, 0.25) is 0 Å². The van der Waals surface area contributed by atoms with Crippen molar-refractivity contribution in [3.8, 4) is 0 Å². The fourth-order valence-corrected chi connectivity index (χ4v) is 4.27. The zero-order valence-electron chi connectivity index (χ0n) is 18.3. The van der Waals surface area contributed by atoms with E-state index in [-0.39, 0.29) is 11.8 Å². The number of benzene rings is 2. The molecule has 31 heavy (non-hydrogen) atoms. The fraction of sp³-hybridized carbons (Fsp3) is 0.417. The van der Waals surface area contributed by atoms with Gasteiger partial charge in [-0.3, -0.25) is 9.59 Å². The van der Waals surface area contributed by atoms with Crippen LogP contribution in [0.5, 0.6) is 0 Å². The molecule has 2 aromatic carbocycles. The van der Waals surface area contributed by atoms with Gasteiger partial charge >= 0.3 is 0 Å². The lowest BCUT2D eigenvalue weighted by Gasteiger charge is -2.35. The molecule has 1 saturated heterocycles. The molecule has 2 heterocycles. The molecular formula is C24H30N4O3. The minimum absolute atomic E-state index is 0.112. The molecule has 7 nitrogen and oxygen atoms in total. The van der Waals surface area contributed by atoms with Gasteiger partial charge in [-0.25, -0.2) is 0 Å². The van der Waals surface area contributed by atoms with Crippen molar-refractivity contribution in [2.75, 3.05) is 63.2 Å². The van der Waals surface area contributed by atoms with E-state index in [9.17, 15) is 9.59 Å². The average molecular weight is 423 g/mol. The second kappa shape index (κ2) is 9.49.